The first-order valence-electron chi connectivity index (χ1n) is 4.59. The van der Waals surface area contributed by atoms with Crippen LogP contribution in [0.3, 0.4) is 0 Å². The molecule has 1 rings (SSSR count). The molecule has 1 N–H and O–H groups in total. The van der Waals surface area contributed by atoms with Crippen LogP contribution >= 0.6 is 0 Å². The van der Waals surface area contributed by atoms with Crippen molar-refractivity contribution >= 4 is 5.97 Å². The van der Waals surface area contributed by atoms with E-state index in [0.29, 0.717) is 5.56 Å². The van der Waals surface area contributed by atoms with Crippen LogP contribution in [0.2, 0.25) is 0 Å². The first kappa shape index (κ1) is 10.6. The Hall–Kier alpha value is -1.51. The van der Waals surface area contributed by atoms with Crippen LogP contribution in [0.25, 0.3) is 0 Å². The van der Waals surface area contributed by atoms with Gasteiger partial charge in [-0.3, -0.25) is 0 Å². The van der Waals surface area contributed by atoms with Crippen molar-refractivity contribution in [2.45, 2.75) is 19.8 Å². The topological polar surface area (TPSA) is 46.5 Å². The Morgan fingerprint density at radius 1 is 1.50 bits per heavy atom. The molecular formula is C11H14O3. The maximum Gasteiger partial charge on any atom is 0.338 e. The first-order chi connectivity index (χ1) is 6.69. The van der Waals surface area contributed by atoms with E-state index >= 15 is 0 Å². The number of esters is 1. The van der Waals surface area contributed by atoms with Gasteiger partial charge >= 0.3 is 5.97 Å². The Bertz CT molecular complexity index is 331. The maximum atomic E-state index is 11.3. The molecule has 1 aromatic carbocycles. The minimum Gasteiger partial charge on any atom is -0.508 e. The number of aryl methyl sites for hydroxylation is 1. The molecule has 3 heteroatoms. The second kappa shape index (κ2) is 4.65. The number of hydrogen-bond donors (Lipinski definition) is 1. The van der Waals surface area contributed by atoms with Crippen molar-refractivity contribution in [3.63, 3.8) is 0 Å². The van der Waals surface area contributed by atoms with E-state index in [1.165, 1.54) is 13.2 Å². The molecule has 0 amide bonds. The van der Waals surface area contributed by atoms with Crippen molar-refractivity contribution in [2.75, 3.05) is 7.11 Å². The monoisotopic (exact) mass is 194 g/mol. The number of methoxy groups -OCH3 is 1. The Morgan fingerprint density at radius 2 is 2.21 bits per heavy atom. The molecule has 0 heterocycles. The summed E-state index contributed by atoms with van der Waals surface area (Å²) in [6.07, 6.45) is 1.69. The normalized spacial score (nSPS) is 9.86. The molecule has 0 aliphatic rings. The third kappa shape index (κ3) is 2.25. The Kier molecular flexibility index (Phi) is 3.51. The van der Waals surface area contributed by atoms with Gasteiger partial charge in [-0.25, -0.2) is 4.79 Å². The van der Waals surface area contributed by atoms with Crippen LogP contribution in [0.1, 0.15) is 29.3 Å². The number of ether oxygens (including phenoxy) is 1. The minimum absolute atomic E-state index is 0.182. The largest absolute Gasteiger partial charge is 0.508 e. The van der Waals surface area contributed by atoms with Crippen molar-refractivity contribution in [3.05, 3.63) is 29.3 Å². The lowest BCUT2D eigenvalue weighted by Crippen LogP contribution is -2.05. The number of phenols is 1. The van der Waals surface area contributed by atoms with Crippen LogP contribution < -0.4 is 0 Å². The molecule has 14 heavy (non-hydrogen) atoms. The van der Waals surface area contributed by atoms with Gasteiger partial charge in [-0.05, 0) is 30.2 Å². The molecule has 0 radical (unpaired) electrons. The molecule has 0 bridgehead atoms. The fraction of sp³-hybridized carbons (Fsp3) is 0.364. The van der Waals surface area contributed by atoms with Crippen LogP contribution in [0.4, 0.5) is 0 Å². The molecule has 0 saturated carbocycles. The molecule has 0 saturated heterocycles. The Balaban J connectivity index is 3.07. The average Bonchev–Trinajstić information content (AvgIpc) is 2.17. The molecule has 76 valence electrons. The van der Waals surface area contributed by atoms with Crippen molar-refractivity contribution < 1.29 is 14.6 Å². The molecule has 1 aromatic rings. The van der Waals surface area contributed by atoms with Crippen molar-refractivity contribution in [3.8, 4) is 5.75 Å². The summed E-state index contributed by atoms with van der Waals surface area (Å²) in [5, 5.41) is 9.27. The van der Waals surface area contributed by atoms with Gasteiger partial charge in [0, 0.05) is 0 Å². The maximum absolute atomic E-state index is 11.3. The van der Waals surface area contributed by atoms with Gasteiger partial charge in [0.1, 0.15) is 5.75 Å². The highest BCUT2D eigenvalue weighted by molar-refractivity contribution is 5.91. The molecule has 0 unspecified atom stereocenters. The zero-order valence-corrected chi connectivity index (χ0v) is 8.41. The first-order valence-corrected chi connectivity index (χ1v) is 4.59. The molecule has 0 atom stereocenters. The van der Waals surface area contributed by atoms with Gasteiger partial charge in [-0.1, -0.05) is 13.3 Å². The van der Waals surface area contributed by atoms with Crippen molar-refractivity contribution in [2.24, 2.45) is 0 Å². The predicted octanol–water partition coefficient (Wildman–Crippen LogP) is 2.13. The SMILES string of the molecule is CCCc1cc(O)ccc1C(=O)OC. The van der Waals surface area contributed by atoms with Crippen LogP contribution in [0, 0.1) is 0 Å². The summed E-state index contributed by atoms with van der Waals surface area (Å²) in [6.45, 7) is 2.02. The standard InChI is InChI=1S/C11H14O3/c1-3-4-8-7-9(12)5-6-10(8)11(13)14-2/h5-7,12H,3-4H2,1-2H3. The second-order valence-corrected chi connectivity index (χ2v) is 3.08. The zero-order chi connectivity index (χ0) is 10.6. The summed E-state index contributed by atoms with van der Waals surface area (Å²) in [5.74, 6) is -0.172. The summed E-state index contributed by atoms with van der Waals surface area (Å²) in [5.41, 5.74) is 1.37. The van der Waals surface area contributed by atoms with Crippen LogP contribution in [-0.2, 0) is 11.2 Å². The lowest BCUT2D eigenvalue weighted by molar-refractivity contribution is 0.0599. The molecule has 0 aliphatic heterocycles. The van der Waals surface area contributed by atoms with Gasteiger partial charge in [0.15, 0.2) is 0 Å². The minimum atomic E-state index is -0.353. The van der Waals surface area contributed by atoms with E-state index in [0.717, 1.165) is 18.4 Å². The van der Waals surface area contributed by atoms with Gasteiger partial charge in [0.05, 0.1) is 12.7 Å². The number of carbonyl (C=O) groups excluding carboxylic acids is 1. The smallest absolute Gasteiger partial charge is 0.338 e. The third-order valence-electron chi connectivity index (χ3n) is 2.01. The third-order valence-corrected chi connectivity index (χ3v) is 2.01. The van der Waals surface area contributed by atoms with Crippen LogP contribution in [0.5, 0.6) is 5.75 Å². The number of phenolic OH excluding ortho intramolecular Hbond substituents is 1. The van der Waals surface area contributed by atoms with Crippen LogP contribution in [-0.4, -0.2) is 18.2 Å². The number of carbonyl (C=O) groups is 1. The zero-order valence-electron chi connectivity index (χ0n) is 8.41. The van der Waals surface area contributed by atoms with E-state index in [1.54, 1.807) is 12.1 Å². The summed E-state index contributed by atoms with van der Waals surface area (Å²) in [4.78, 5) is 11.3. The van der Waals surface area contributed by atoms with E-state index in [4.69, 9.17) is 0 Å². The van der Waals surface area contributed by atoms with E-state index in [2.05, 4.69) is 4.74 Å². The van der Waals surface area contributed by atoms with Crippen molar-refractivity contribution in [1.82, 2.24) is 0 Å². The Labute approximate surface area is 83.3 Å². The predicted molar refractivity (Wildman–Crippen MR) is 53.4 cm³/mol. The molecule has 3 nitrogen and oxygen atoms in total. The highest BCUT2D eigenvalue weighted by Crippen LogP contribution is 2.18. The molecule has 0 spiro atoms. The lowest BCUT2D eigenvalue weighted by atomic mass is 10.0. The van der Waals surface area contributed by atoms with Gasteiger partial charge in [-0.15, -0.1) is 0 Å². The number of rotatable bonds is 3. The highest BCUT2D eigenvalue weighted by atomic mass is 16.5. The average molecular weight is 194 g/mol. The lowest BCUT2D eigenvalue weighted by Gasteiger charge is -2.06. The summed E-state index contributed by atoms with van der Waals surface area (Å²) < 4.78 is 4.64. The van der Waals surface area contributed by atoms with Gasteiger partial charge in [0.2, 0.25) is 0 Å². The van der Waals surface area contributed by atoms with Gasteiger partial charge in [0.25, 0.3) is 0 Å². The van der Waals surface area contributed by atoms with Crippen LogP contribution in [0.15, 0.2) is 18.2 Å². The summed E-state index contributed by atoms with van der Waals surface area (Å²) in [6, 6.07) is 4.69. The molecular weight excluding hydrogens is 180 g/mol. The van der Waals surface area contributed by atoms with E-state index in [9.17, 15) is 9.90 Å². The number of hydrogen-bond acceptors (Lipinski definition) is 3. The second-order valence-electron chi connectivity index (χ2n) is 3.08. The fourth-order valence-electron chi connectivity index (χ4n) is 1.37. The van der Waals surface area contributed by atoms with Gasteiger partial charge in [-0.2, -0.15) is 0 Å². The van der Waals surface area contributed by atoms with E-state index in [1.807, 2.05) is 6.92 Å². The highest BCUT2D eigenvalue weighted by Gasteiger charge is 2.11. The molecule has 0 aliphatic carbocycles. The van der Waals surface area contributed by atoms with Crippen molar-refractivity contribution in [1.29, 1.82) is 0 Å². The summed E-state index contributed by atoms with van der Waals surface area (Å²) >= 11 is 0. The Morgan fingerprint density at radius 3 is 2.79 bits per heavy atom. The van der Waals surface area contributed by atoms with Gasteiger partial charge < -0.3 is 9.84 Å². The molecule has 0 fully saturated rings. The quantitative estimate of drug-likeness (QED) is 0.750. The molecule has 0 aromatic heterocycles. The summed E-state index contributed by atoms with van der Waals surface area (Å²) in [7, 11) is 1.35. The van der Waals surface area contributed by atoms with E-state index < -0.39 is 0 Å². The van der Waals surface area contributed by atoms with E-state index in [-0.39, 0.29) is 11.7 Å². The fourth-order valence-corrected chi connectivity index (χ4v) is 1.37. The number of benzene rings is 1. The number of aromatic hydroxyl groups is 1.